The lowest BCUT2D eigenvalue weighted by atomic mass is 9.73. The molecule has 0 aromatic carbocycles. The maximum atomic E-state index is 14.1. The molecule has 3 aliphatic rings. The molecule has 2 bridgehead atoms. The van der Waals surface area contributed by atoms with Crippen LogP contribution in [0.25, 0.3) is 0 Å². The van der Waals surface area contributed by atoms with E-state index in [1.165, 1.54) is 6.92 Å². The van der Waals surface area contributed by atoms with Gasteiger partial charge in [0.25, 0.3) is 0 Å². The van der Waals surface area contributed by atoms with Crippen molar-refractivity contribution < 1.29 is 43.5 Å². The zero-order valence-corrected chi connectivity index (χ0v) is 29.2. The number of rotatable bonds is 4. The van der Waals surface area contributed by atoms with Gasteiger partial charge in [0.15, 0.2) is 12.1 Å². The molecule has 3 fully saturated rings. The molecule has 0 aromatic heterocycles. The van der Waals surface area contributed by atoms with Crippen molar-refractivity contribution in [1.82, 2.24) is 4.90 Å². The molecule has 0 spiro atoms. The maximum Gasteiger partial charge on any atom is 0.316 e. The van der Waals surface area contributed by atoms with Crippen LogP contribution in [-0.4, -0.2) is 121 Å². The first kappa shape index (κ1) is 37.7. The van der Waals surface area contributed by atoms with Crippen molar-refractivity contribution in [3.05, 3.63) is 12.2 Å². The Bertz CT molecular complexity index is 1090. The molecule has 13 atom stereocenters. The minimum absolute atomic E-state index is 0.0832. The van der Waals surface area contributed by atoms with Crippen LogP contribution < -0.4 is 0 Å². The Balaban J connectivity index is 2.23. The number of likely N-dealkylation sites (N-methyl/N-ethyl adjacent to an activating group) is 1. The molecule has 0 saturated carbocycles. The molecule has 0 amide bonds. The largest absolute Gasteiger partial charge is 0.459 e. The summed E-state index contributed by atoms with van der Waals surface area (Å²) in [5.74, 6) is -3.76. The zero-order chi connectivity index (χ0) is 34.0. The number of carbonyl (C=O) groups excluding carboxylic acids is 2. The number of nitrogens with zero attached hydrogens (tertiary/aromatic N) is 2. The first-order chi connectivity index (χ1) is 20.9. The maximum absolute atomic E-state index is 14.1. The van der Waals surface area contributed by atoms with E-state index in [2.05, 4.69) is 11.6 Å². The highest BCUT2D eigenvalue weighted by Crippen LogP contribution is 2.40. The van der Waals surface area contributed by atoms with Crippen molar-refractivity contribution in [3.63, 3.8) is 0 Å². The van der Waals surface area contributed by atoms with Gasteiger partial charge in [-0.3, -0.25) is 14.6 Å². The van der Waals surface area contributed by atoms with Crippen molar-refractivity contribution in [2.75, 3.05) is 34.4 Å². The summed E-state index contributed by atoms with van der Waals surface area (Å²) in [6, 6.07) is -0.232. The van der Waals surface area contributed by atoms with Gasteiger partial charge in [-0.05, 0) is 72.5 Å². The number of fused-ring (bicyclic) bond motifs is 5. The second-order valence-electron chi connectivity index (χ2n) is 14.2. The van der Waals surface area contributed by atoms with E-state index in [0.29, 0.717) is 24.8 Å². The number of aliphatic hydroxyl groups excluding tert-OH is 1. The molecule has 2 N–H and O–H groups in total. The minimum Gasteiger partial charge on any atom is -0.459 e. The molecule has 0 aliphatic carbocycles. The predicted octanol–water partition coefficient (Wildman–Crippen LogP) is 3.19. The number of Topliss-reactive ketones (excluding diaryl/α,β-unsaturated/α-hetero) is 1. The van der Waals surface area contributed by atoms with Crippen LogP contribution in [0.3, 0.4) is 0 Å². The number of aliphatic imine (C=N–C) groups is 1. The van der Waals surface area contributed by atoms with Crippen molar-refractivity contribution in [2.45, 2.75) is 129 Å². The molecule has 11 nitrogen and oxygen atoms in total. The topological polar surface area (TPSA) is 136 Å². The zero-order valence-electron chi connectivity index (χ0n) is 29.2. The van der Waals surface area contributed by atoms with Crippen LogP contribution in [0.15, 0.2) is 17.1 Å². The van der Waals surface area contributed by atoms with Gasteiger partial charge < -0.3 is 38.8 Å². The minimum atomic E-state index is -1.61. The lowest BCUT2D eigenvalue weighted by Gasteiger charge is -2.47. The number of hydrogen-bond acceptors (Lipinski definition) is 11. The summed E-state index contributed by atoms with van der Waals surface area (Å²) in [7, 11) is 5.51. The van der Waals surface area contributed by atoms with Crippen molar-refractivity contribution >= 4 is 17.5 Å². The van der Waals surface area contributed by atoms with E-state index in [4.69, 9.17) is 23.7 Å². The van der Waals surface area contributed by atoms with E-state index >= 15 is 0 Å². The third-order valence-corrected chi connectivity index (χ3v) is 10.2. The summed E-state index contributed by atoms with van der Waals surface area (Å²) in [5.41, 5.74) is -1.34. The normalized spacial score (nSPS) is 45.5. The Morgan fingerprint density at radius 1 is 1.09 bits per heavy atom. The van der Waals surface area contributed by atoms with Gasteiger partial charge >= 0.3 is 5.97 Å². The lowest BCUT2D eigenvalue weighted by molar-refractivity contribution is -0.296. The van der Waals surface area contributed by atoms with Crippen molar-refractivity contribution in [2.24, 2.45) is 28.7 Å². The molecule has 3 rings (SSSR count). The number of esters is 1. The Hall–Kier alpha value is -1.73. The Kier molecular flexibility index (Phi) is 12.6. The summed E-state index contributed by atoms with van der Waals surface area (Å²) >= 11 is 0. The van der Waals surface area contributed by atoms with Crippen LogP contribution in [0.1, 0.15) is 74.7 Å². The van der Waals surface area contributed by atoms with Gasteiger partial charge in [0.05, 0.1) is 37.1 Å². The molecule has 258 valence electrons. The van der Waals surface area contributed by atoms with Crippen LogP contribution >= 0.6 is 0 Å². The van der Waals surface area contributed by atoms with Gasteiger partial charge in [0, 0.05) is 30.6 Å². The highest BCUT2D eigenvalue weighted by atomic mass is 16.7. The van der Waals surface area contributed by atoms with Crippen LogP contribution in [-0.2, 0) is 33.3 Å². The Morgan fingerprint density at radius 3 is 2.31 bits per heavy atom. The fourth-order valence-corrected chi connectivity index (χ4v) is 7.62. The molecular weight excluding hydrogens is 580 g/mol. The highest BCUT2D eigenvalue weighted by molar-refractivity contribution is 6.00. The van der Waals surface area contributed by atoms with E-state index < -0.39 is 65.5 Å². The summed E-state index contributed by atoms with van der Waals surface area (Å²) in [5, 5.41) is 23.4. The fraction of sp³-hybridized carbons (Fsp3) is 0.853. The van der Waals surface area contributed by atoms with E-state index in [9.17, 15) is 19.8 Å². The van der Waals surface area contributed by atoms with Crippen LogP contribution in [0.2, 0.25) is 0 Å². The highest BCUT2D eigenvalue weighted by Gasteiger charge is 2.52. The standard InChI is InChI=1S/C34H58N2O9/c1-13-25-34(9,40)30-21(5)26(35-10)19(3)15-33(8,42-17-18(2)16-41-30)29(22(6)27(37)23(7)31(39)44-25)45-32-28(38)24(36(11)12)14-20(4)43-32/h19-25,28-30,32,38,40H,2,13-17H2,1,3-12H3/t19?,20-,21?,22+,23-,24+,25+,28?,29?,30?,32+,33-,34-/m1/s1. The smallest absolute Gasteiger partial charge is 0.316 e. The molecule has 5 unspecified atom stereocenters. The number of ketones is 1. The number of carbonyl (C=O) groups is 2. The monoisotopic (exact) mass is 638 g/mol. The number of cyclic esters (lactones) is 1. The van der Waals surface area contributed by atoms with Gasteiger partial charge in [-0.2, -0.15) is 0 Å². The number of ether oxygens (including phenoxy) is 5. The SMILES string of the molecule is C=C1COC2C(C)C(=NC)C(C)C[C@@](C)(OC1)C(O[C@@H]1O[C@H](C)C[C@H](N(C)C)C1O)[C@@H](C)C(=O)[C@@H](C)C(=O)O[C@@H](CC)[C@@]2(C)O. The summed E-state index contributed by atoms with van der Waals surface area (Å²) in [4.78, 5) is 34.3. The van der Waals surface area contributed by atoms with Gasteiger partial charge in [-0.25, -0.2) is 0 Å². The van der Waals surface area contributed by atoms with E-state index in [1.807, 2.05) is 53.6 Å². The Morgan fingerprint density at radius 2 is 1.73 bits per heavy atom. The van der Waals surface area contributed by atoms with Crippen molar-refractivity contribution in [1.29, 1.82) is 0 Å². The molecule has 3 aliphatic heterocycles. The van der Waals surface area contributed by atoms with Gasteiger partial charge in [0.2, 0.25) is 0 Å². The van der Waals surface area contributed by atoms with Gasteiger partial charge in [-0.15, -0.1) is 0 Å². The van der Waals surface area contributed by atoms with Crippen LogP contribution in [0, 0.1) is 23.7 Å². The van der Waals surface area contributed by atoms with Crippen molar-refractivity contribution in [3.8, 4) is 0 Å². The van der Waals surface area contributed by atoms with Gasteiger partial charge in [0.1, 0.15) is 23.7 Å². The molecule has 11 heteroatoms. The van der Waals surface area contributed by atoms with E-state index in [1.54, 1.807) is 20.9 Å². The molecular formula is C34H58N2O9. The van der Waals surface area contributed by atoms with Crippen LogP contribution in [0.5, 0.6) is 0 Å². The third kappa shape index (κ3) is 8.05. The molecule has 0 radical (unpaired) electrons. The first-order valence-electron chi connectivity index (χ1n) is 16.4. The quantitative estimate of drug-likeness (QED) is 0.268. The lowest BCUT2D eigenvalue weighted by Crippen LogP contribution is -2.60. The average Bonchev–Trinajstić information content (AvgIpc) is 2.98. The van der Waals surface area contributed by atoms with Crippen LogP contribution in [0.4, 0.5) is 0 Å². The number of hydrogen-bond donors (Lipinski definition) is 2. The second kappa shape index (κ2) is 15.0. The summed E-state index contributed by atoms with van der Waals surface area (Å²) in [6.45, 7) is 18.8. The first-order valence-corrected chi connectivity index (χ1v) is 16.4. The molecule has 3 heterocycles. The summed E-state index contributed by atoms with van der Waals surface area (Å²) < 4.78 is 31.8. The Labute approximate surface area is 269 Å². The molecule has 3 saturated heterocycles. The second-order valence-corrected chi connectivity index (χ2v) is 14.2. The predicted molar refractivity (Wildman–Crippen MR) is 171 cm³/mol. The summed E-state index contributed by atoms with van der Waals surface area (Å²) in [6.07, 6.45) is -3.69. The molecule has 0 aromatic rings. The average molecular weight is 639 g/mol. The van der Waals surface area contributed by atoms with Gasteiger partial charge in [-0.1, -0.05) is 34.3 Å². The molecule has 45 heavy (non-hydrogen) atoms. The van der Waals surface area contributed by atoms with E-state index in [0.717, 1.165) is 5.71 Å². The number of aliphatic hydroxyl groups is 2. The fourth-order valence-electron chi connectivity index (χ4n) is 7.62. The van der Waals surface area contributed by atoms with E-state index in [-0.39, 0.29) is 37.2 Å². The third-order valence-electron chi connectivity index (χ3n) is 10.2.